The Kier molecular flexibility index (Phi) is 3.20. The zero-order valence-electron chi connectivity index (χ0n) is 9.30. The van der Waals surface area contributed by atoms with Crippen LogP contribution in [0, 0.1) is 29.6 Å². The smallest absolute Gasteiger partial charge is 0.0358 e. The van der Waals surface area contributed by atoms with E-state index < -0.39 is 0 Å². The molecule has 1 aliphatic rings. The van der Waals surface area contributed by atoms with E-state index in [0.717, 1.165) is 29.6 Å². The third-order valence-corrected chi connectivity index (χ3v) is 3.79. The van der Waals surface area contributed by atoms with Gasteiger partial charge in [0, 0.05) is 0 Å². The lowest BCUT2D eigenvalue weighted by atomic mass is 9.83. The van der Waals surface area contributed by atoms with Crippen LogP contribution in [0.1, 0.15) is 47.5 Å². The second-order valence-corrected chi connectivity index (χ2v) is 5.34. The van der Waals surface area contributed by atoms with Gasteiger partial charge in [0.25, 0.3) is 0 Å². The van der Waals surface area contributed by atoms with E-state index >= 15 is 0 Å². The summed E-state index contributed by atoms with van der Waals surface area (Å²) in [6, 6.07) is 0. The van der Waals surface area contributed by atoms with E-state index in [1.165, 1.54) is 12.8 Å². The second kappa shape index (κ2) is 3.81. The lowest BCUT2D eigenvalue weighted by molar-refractivity contribution is 0.271. The highest BCUT2D eigenvalue weighted by atomic mass is 14.4. The van der Waals surface area contributed by atoms with E-state index in [9.17, 15) is 0 Å². The summed E-state index contributed by atoms with van der Waals surface area (Å²) in [5.41, 5.74) is 0. The van der Waals surface area contributed by atoms with Gasteiger partial charge in [0.05, 0.1) is 0 Å². The van der Waals surface area contributed by atoms with Crippen LogP contribution in [-0.2, 0) is 0 Å². The fourth-order valence-corrected chi connectivity index (χ4v) is 2.91. The van der Waals surface area contributed by atoms with Gasteiger partial charge < -0.3 is 0 Å². The molecule has 0 amide bonds. The Hall–Kier alpha value is 0. The van der Waals surface area contributed by atoms with Gasteiger partial charge in [0.2, 0.25) is 0 Å². The maximum atomic E-state index is 2.45. The highest BCUT2D eigenvalue weighted by molar-refractivity contribution is 4.84. The first-order valence-corrected chi connectivity index (χ1v) is 5.52. The standard InChI is InChI=1S/C12H24/c1-8(2)6-12-10(4)7-9(3)11(12)5/h8-12H,6-7H2,1-5H3. The van der Waals surface area contributed by atoms with E-state index in [-0.39, 0.29) is 0 Å². The van der Waals surface area contributed by atoms with Crippen LogP contribution in [0.2, 0.25) is 0 Å². The first-order valence-electron chi connectivity index (χ1n) is 5.52. The Morgan fingerprint density at radius 2 is 1.67 bits per heavy atom. The average molecular weight is 168 g/mol. The fourth-order valence-electron chi connectivity index (χ4n) is 2.91. The summed E-state index contributed by atoms with van der Waals surface area (Å²) >= 11 is 0. The molecule has 0 aromatic carbocycles. The van der Waals surface area contributed by atoms with Crippen LogP contribution >= 0.6 is 0 Å². The molecule has 1 rings (SSSR count). The molecule has 0 heterocycles. The molecule has 1 fully saturated rings. The van der Waals surface area contributed by atoms with E-state index in [1.54, 1.807) is 0 Å². The van der Waals surface area contributed by atoms with Gasteiger partial charge in [-0.3, -0.25) is 0 Å². The van der Waals surface area contributed by atoms with Gasteiger partial charge in [-0.1, -0.05) is 34.6 Å². The van der Waals surface area contributed by atoms with Crippen molar-refractivity contribution in [3.63, 3.8) is 0 Å². The lowest BCUT2D eigenvalue weighted by Crippen LogP contribution is -2.14. The van der Waals surface area contributed by atoms with Crippen LogP contribution in [0.25, 0.3) is 0 Å². The summed E-state index contributed by atoms with van der Waals surface area (Å²) in [5.74, 6) is 4.77. The molecule has 4 unspecified atom stereocenters. The molecule has 0 aromatic rings. The van der Waals surface area contributed by atoms with Crippen molar-refractivity contribution in [2.75, 3.05) is 0 Å². The molecule has 0 spiro atoms. The fraction of sp³-hybridized carbons (Fsp3) is 1.00. The van der Waals surface area contributed by atoms with Gasteiger partial charge in [-0.05, 0) is 42.4 Å². The minimum Gasteiger partial charge on any atom is -0.0628 e. The summed E-state index contributed by atoms with van der Waals surface area (Å²) in [4.78, 5) is 0. The Morgan fingerprint density at radius 1 is 1.08 bits per heavy atom. The third kappa shape index (κ3) is 2.02. The molecular formula is C12H24. The molecule has 1 aliphatic carbocycles. The van der Waals surface area contributed by atoms with Crippen LogP contribution < -0.4 is 0 Å². The second-order valence-electron chi connectivity index (χ2n) is 5.34. The van der Waals surface area contributed by atoms with E-state index in [4.69, 9.17) is 0 Å². The molecule has 12 heavy (non-hydrogen) atoms. The molecule has 1 saturated carbocycles. The van der Waals surface area contributed by atoms with Gasteiger partial charge in [0.15, 0.2) is 0 Å². The minimum absolute atomic E-state index is 0.880. The van der Waals surface area contributed by atoms with Gasteiger partial charge in [0.1, 0.15) is 0 Å². The van der Waals surface area contributed by atoms with Crippen molar-refractivity contribution in [1.82, 2.24) is 0 Å². The summed E-state index contributed by atoms with van der Waals surface area (Å²) in [6.45, 7) is 12.0. The molecule has 0 aliphatic heterocycles. The highest BCUT2D eigenvalue weighted by Crippen LogP contribution is 2.43. The van der Waals surface area contributed by atoms with Crippen molar-refractivity contribution in [2.45, 2.75) is 47.5 Å². The first-order chi connectivity index (χ1) is 5.52. The molecule has 0 heteroatoms. The molecule has 0 bridgehead atoms. The van der Waals surface area contributed by atoms with Gasteiger partial charge in [-0.15, -0.1) is 0 Å². The van der Waals surface area contributed by atoms with Crippen molar-refractivity contribution in [2.24, 2.45) is 29.6 Å². The van der Waals surface area contributed by atoms with Crippen molar-refractivity contribution < 1.29 is 0 Å². The molecule has 0 nitrogen and oxygen atoms in total. The normalized spacial score (nSPS) is 42.5. The van der Waals surface area contributed by atoms with Crippen molar-refractivity contribution in [3.8, 4) is 0 Å². The maximum Gasteiger partial charge on any atom is -0.0358 e. The van der Waals surface area contributed by atoms with E-state index in [0.29, 0.717) is 0 Å². The zero-order chi connectivity index (χ0) is 9.30. The SMILES string of the molecule is CC(C)CC1C(C)CC(C)C1C. The van der Waals surface area contributed by atoms with Crippen molar-refractivity contribution in [1.29, 1.82) is 0 Å². The number of hydrogen-bond acceptors (Lipinski definition) is 0. The minimum atomic E-state index is 0.880. The summed E-state index contributed by atoms with van der Waals surface area (Å²) < 4.78 is 0. The predicted molar refractivity (Wildman–Crippen MR) is 55.1 cm³/mol. The molecule has 4 atom stereocenters. The van der Waals surface area contributed by atoms with Crippen LogP contribution in [0.5, 0.6) is 0 Å². The quantitative estimate of drug-likeness (QED) is 0.585. The number of hydrogen-bond donors (Lipinski definition) is 0. The predicted octanol–water partition coefficient (Wildman–Crippen LogP) is 3.96. The van der Waals surface area contributed by atoms with Crippen molar-refractivity contribution >= 4 is 0 Å². The largest absolute Gasteiger partial charge is 0.0628 e. The Bertz CT molecular complexity index is 137. The zero-order valence-corrected chi connectivity index (χ0v) is 9.30. The summed E-state index contributed by atoms with van der Waals surface area (Å²) in [6.07, 6.45) is 2.89. The van der Waals surface area contributed by atoms with E-state index in [1.807, 2.05) is 0 Å². The third-order valence-electron chi connectivity index (χ3n) is 3.79. The van der Waals surface area contributed by atoms with E-state index in [2.05, 4.69) is 34.6 Å². The van der Waals surface area contributed by atoms with Crippen LogP contribution in [0.3, 0.4) is 0 Å². The first kappa shape index (κ1) is 10.1. The van der Waals surface area contributed by atoms with Gasteiger partial charge in [-0.2, -0.15) is 0 Å². The summed E-state index contributed by atoms with van der Waals surface area (Å²) in [5, 5.41) is 0. The van der Waals surface area contributed by atoms with Gasteiger partial charge >= 0.3 is 0 Å². The highest BCUT2D eigenvalue weighted by Gasteiger charge is 2.35. The Balaban J connectivity index is 2.51. The Labute approximate surface area is 77.7 Å². The van der Waals surface area contributed by atoms with Crippen LogP contribution in [-0.4, -0.2) is 0 Å². The lowest BCUT2D eigenvalue weighted by Gasteiger charge is -2.22. The monoisotopic (exact) mass is 168 g/mol. The van der Waals surface area contributed by atoms with Gasteiger partial charge in [-0.25, -0.2) is 0 Å². The van der Waals surface area contributed by atoms with Crippen LogP contribution in [0.15, 0.2) is 0 Å². The maximum absolute atomic E-state index is 2.45. The topological polar surface area (TPSA) is 0 Å². The average Bonchev–Trinajstić information content (AvgIpc) is 2.16. The molecular weight excluding hydrogens is 144 g/mol. The summed E-state index contributed by atoms with van der Waals surface area (Å²) in [7, 11) is 0. The molecule has 0 radical (unpaired) electrons. The Morgan fingerprint density at radius 3 is 2.00 bits per heavy atom. The number of rotatable bonds is 2. The van der Waals surface area contributed by atoms with Crippen LogP contribution in [0.4, 0.5) is 0 Å². The molecule has 0 aromatic heterocycles. The molecule has 0 saturated heterocycles. The molecule has 0 N–H and O–H groups in total. The molecule has 72 valence electrons. The van der Waals surface area contributed by atoms with Crippen molar-refractivity contribution in [3.05, 3.63) is 0 Å².